The number of hydrogen-bond acceptors (Lipinski definition) is 6. The molecule has 0 heterocycles. The minimum Gasteiger partial charge on any atom is -0.481 e. The van der Waals surface area contributed by atoms with Gasteiger partial charge in [-0.2, -0.15) is 0 Å². The predicted molar refractivity (Wildman–Crippen MR) is 205 cm³/mol. The number of amides is 1. The number of aliphatic carboxylic acids is 1. The Balaban J connectivity index is 4.11. The second-order valence-electron chi connectivity index (χ2n) is 14.5. The lowest BCUT2D eigenvalue weighted by Crippen LogP contribution is -2.42. The molecule has 2 N–H and O–H groups in total. The fourth-order valence-electron chi connectivity index (χ4n) is 6.30. The van der Waals surface area contributed by atoms with E-state index in [2.05, 4.69) is 19.2 Å². The number of carbonyl (C=O) groups is 4. The Kier molecular flexibility index (Phi) is 36.5. The van der Waals surface area contributed by atoms with Crippen LogP contribution in [0, 0.1) is 0 Å². The van der Waals surface area contributed by atoms with E-state index in [-0.39, 0.29) is 44.7 Å². The third-order valence-corrected chi connectivity index (χ3v) is 9.55. The summed E-state index contributed by atoms with van der Waals surface area (Å²) in [5.74, 6) is -2.32. The van der Waals surface area contributed by atoms with Crippen LogP contribution in [0.2, 0.25) is 0 Å². The van der Waals surface area contributed by atoms with E-state index in [4.69, 9.17) is 14.6 Å². The lowest BCUT2D eigenvalue weighted by atomic mass is 10.0. The second kappa shape index (κ2) is 38.1. The zero-order valence-corrected chi connectivity index (χ0v) is 32.7. The SMILES string of the molecule is CCCCCCCCCCCCCCCCOC(=O)CCC(NC(=O)CCCC(=O)O)C(=O)OCCCCCCCCCCCCCCCC. The Hall–Kier alpha value is -2.12. The van der Waals surface area contributed by atoms with Gasteiger partial charge in [-0.05, 0) is 25.7 Å². The summed E-state index contributed by atoms with van der Waals surface area (Å²) in [6.07, 6.45) is 35.3. The number of carboxylic acids is 1. The van der Waals surface area contributed by atoms with Crippen molar-refractivity contribution in [2.24, 2.45) is 0 Å². The van der Waals surface area contributed by atoms with Crippen LogP contribution in [0.1, 0.15) is 226 Å². The van der Waals surface area contributed by atoms with Crippen LogP contribution < -0.4 is 5.32 Å². The first-order valence-corrected chi connectivity index (χ1v) is 21.2. The minimum atomic E-state index is -0.969. The minimum absolute atomic E-state index is 0.00138. The lowest BCUT2D eigenvalue weighted by molar-refractivity contribution is -0.149. The van der Waals surface area contributed by atoms with Gasteiger partial charge in [0.05, 0.1) is 13.2 Å². The molecule has 1 unspecified atom stereocenters. The molecule has 0 saturated heterocycles. The number of carboxylic acid groups (broad SMARTS) is 1. The molecule has 8 heteroatoms. The molecule has 8 nitrogen and oxygen atoms in total. The monoisotopic (exact) mass is 710 g/mol. The predicted octanol–water partition coefficient (Wildman–Crippen LogP) is 11.6. The van der Waals surface area contributed by atoms with Gasteiger partial charge in [-0.1, -0.05) is 181 Å². The first-order valence-electron chi connectivity index (χ1n) is 21.2. The van der Waals surface area contributed by atoms with Crippen LogP contribution in [0.5, 0.6) is 0 Å². The summed E-state index contributed by atoms with van der Waals surface area (Å²) in [5, 5.41) is 11.5. The Bertz CT molecular complexity index is 803. The van der Waals surface area contributed by atoms with Gasteiger partial charge in [0.2, 0.25) is 5.91 Å². The summed E-state index contributed by atoms with van der Waals surface area (Å²) in [6, 6.07) is -0.951. The van der Waals surface area contributed by atoms with E-state index in [1.54, 1.807) is 0 Å². The highest BCUT2D eigenvalue weighted by Gasteiger charge is 2.23. The number of carbonyl (C=O) groups excluding carboxylic acids is 3. The number of hydrogen-bond donors (Lipinski definition) is 2. The quantitative estimate of drug-likeness (QED) is 0.0481. The number of unbranched alkanes of at least 4 members (excludes halogenated alkanes) is 26. The number of nitrogens with one attached hydrogen (secondary N) is 1. The van der Waals surface area contributed by atoms with Crippen LogP contribution in [-0.2, 0) is 28.7 Å². The maximum atomic E-state index is 12.8. The van der Waals surface area contributed by atoms with E-state index >= 15 is 0 Å². The number of esters is 2. The van der Waals surface area contributed by atoms with Crippen molar-refractivity contribution < 1.29 is 33.8 Å². The molecule has 50 heavy (non-hydrogen) atoms. The van der Waals surface area contributed by atoms with Crippen LogP contribution >= 0.6 is 0 Å². The molecule has 0 aromatic rings. The van der Waals surface area contributed by atoms with Gasteiger partial charge < -0.3 is 19.9 Å². The molecule has 0 fully saturated rings. The van der Waals surface area contributed by atoms with Crippen LogP contribution in [-0.4, -0.2) is 48.2 Å². The molecule has 0 aliphatic rings. The standard InChI is InChI=1S/C42H79NO7/c1-3-5-7-9-11-13-15-17-19-21-23-25-27-29-36-49-41(47)35-34-38(43-39(44)32-31-33-40(45)46)42(48)50-37-30-28-26-24-22-20-18-16-14-12-10-8-6-4-2/h38H,3-37H2,1-2H3,(H,43,44)(H,45,46). The molecule has 0 aliphatic heterocycles. The van der Waals surface area contributed by atoms with E-state index in [9.17, 15) is 19.2 Å². The summed E-state index contributed by atoms with van der Waals surface area (Å²) in [4.78, 5) is 48.4. The van der Waals surface area contributed by atoms with Crippen molar-refractivity contribution >= 4 is 23.8 Å². The van der Waals surface area contributed by atoms with Crippen LogP contribution in [0.25, 0.3) is 0 Å². The lowest BCUT2D eigenvalue weighted by Gasteiger charge is -2.17. The molecule has 0 aromatic carbocycles. The van der Waals surface area contributed by atoms with Gasteiger partial charge in [-0.15, -0.1) is 0 Å². The summed E-state index contributed by atoms with van der Waals surface area (Å²) >= 11 is 0. The van der Waals surface area contributed by atoms with E-state index in [1.807, 2.05) is 0 Å². The van der Waals surface area contributed by atoms with Crippen molar-refractivity contribution in [1.29, 1.82) is 0 Å². The first-order chi connectivity index (χ1) is 24.4. The van der Waals surface area contributed by atoms with Gasteiger partial charge in [0.25, 0.3) is 0 Å². The molecule has 0 bridgehead atoms. The normalized spacial score (nSPS) is 11.7. The van der Waals surface area contributed by atoms with Crippen molar-refractivity contribution in [3.8, 4) is 0 Å². The van der Waals surface area contributed by atoms with Gasteiger partial charge in [0, 0.05) is 19.3 Å². The smallest absolute Gasteiger partial charge is 0.328 e. The zero-order chi connectivity index (χ0) is 36.8. The average molecular weight is 710 g/mol. The van der Waals surface area contributed by atoms with Crippen molar-refractivity contribution in [3.63, 3.8) is 0 Å². The Labute approximate surface area is 307 Å². The highest BCUT2D eigenvalue weighted by atomic mass is 16.5. The molecule has 0 spiro atoms. The number of ether oxygens (including phenoxy) is 2. The highest BCUT2D eigenvalue weighted by Crippen LogP contribution is 2.15. The molecular weight excluding hydrogens is 630 g/mol. The van der Waals surface area contributed by atoms with Crippen molar-refractivity contribution in [3.05, 3.63) is 0 Å². The Morgan fingerprint density at radius 1 is 0.460 bits per heavy atom. The van der Waals surface area contributed by atoms with Crippen molar-refractivity contribution in [2.75, 3.05) is 13.2 Å². The van der Waals surface area contributed by atoms with Crippen LogP contribution in [0.4, 0.5) is 0 Å². The molecular formula is C42H79NO7. The Morgan fingerprint density at radius 3 is 1.20 bits per heavy atom. The number of rotatable bonds is 39. The van der Waals surface area contributed by atoms with E-state index in [0.29, 0.717) is 6.61 Å². The fraction of sp³-hybridized carbons (Fsp3) is 0.905. The highest BCUT2D eigenvalue weighted by molar-refractivity contribution is 5.85. The van der Waals surface area contributed by atoms with Gasteiger partial charge >= 0.3 is 17.9 Å². The third kappa shape index (κ3) is 35.7. The van der Waals surface area contributed by atoms with E-state index in [0.717, 1.165) is 38.5 Å². The first kappa shape index (κ1) is 47.9. The maximum Gasteiger partial charge on any atom is 0.328 e. The second-order valence-corrected chi connectivity index (χ2v) is 14.5. The van der Waals surface area contributed by atoms with E-state index in [1.165, 1.54) is 141 Å². The summed E-state index contributed by atoms with van der Waals surface area (Å²) in [5.41, 5.74) is 0. The Morgan fingerprint density at radius 2 is 0.820 bits per heavy atom. The summed E-state index contributed by atoms with van der Waals surface area (Å²) < 4.78 is 10.9. The molecule has 0 aromatic heterocycles. The molecule has 294 valence electrons. The third-order valence-electron chi connectivity index (χ3n) is 9.55. The topological polar surface area (TPSA) is 119 Å². The zero-order valence-electron chi connectivity index (χ0n) is 32.7. The van der Waals surface area contributed by atoms with Gasteiger partial charge in [0.15, 0.2) is 0 Å². The van der Waals surface area contributed by atoms with Gasteiger partial charge in [-0.25, -0.2) is 4.79 Å². The molecule has 1 atom stereocenters. The van der Waals surface area contributed by atoms with Crippen LogP contribution in [0.3, 0.4) is 0 Å². The molecule has 1 amide bonds. The maximum absolute atomic E-state index is 12.8. The molecule has 0 aliphatic carbocycles. The fourth-order valence-corrected chi connectivity index (χ4v) is 6.30. The van der Waals surface area contributed by atoms with Crippen molar-refractivity contribution in [2.45, 2.75) is 232 Å². The van der Waals surface area contributed by atoms with Crippen LogP contribution in [0.15, 0.2) is 0 Å². The molecule has 0 radical (unpaired) electrons. The van der Waals surface area contributed by atoms with E-state index < -0.39 is 23.9 Å². The summed E-state index contributed by atoms with van der Waals surface area (Å²) in [6.45, 7) is 5.16. The summed E-state index contributed by atoms with van der Waals surface area (Å²) in [7, 11) is 0. The van der Waals surface area contributed by atoms with Gasteiger partial charge in [-0.3, -0.25) is 14.4 Å². The largest absolute Gasteiger partial charge is 0.481 e. The van der Waals surface area contributed by atoms with Crippen molar-refractivity contribution in [1.82, 2.24) is 5.32 Å². The average Bonchev–Trinajstić information content (AvgIpc) is 3.09. The molecule has 0 saturated carbocycles. The molecule has 0 rings (SSSR count). The van der Waals surface area contributed by atoms with Gasteiger partial charge in [0.1, 0.15) is 6.04 Å².